The number of rotatable bonds is 0. The zero-order valence-corrected chi connectivity index (χ0v) is 18.1. The standard InChI is InChI=1S/2C6H4Cl2O.2ClH.O.W/c2*7-4-2-1-3-5(8)6(4)9;;;;/h2*1-3,9H;2*1H;;. The molecule has 2 aromatic rings. The number of phenols is 2. The average Bonchev–Trinajstić information content (AvgIpc) is 2.45. The van der Waals surface area contributed by atoms with Crippen LogP contribution in [0.3, 0.4) is 0 Å². The van der Waals surface area contributed by atoms with Crippen LogP contribution in [0, 0.1) is 0 Å². The quantitative estimate of drug-likeness (QED) is 0.384. The van der Waals surface area contributed by atoms with Crippen LogP contribution in [0.5, 0.6) is 11.5 Å². The van der Waals surface area contributed by atoms with Crippen molar-refractivity contribution in [2.45, 2.75) is 0 Å². The molecular formula is C12H10Cl6O3W. The monoisotopic (exact) mass is 596 g/mol. The number of phenolic OH excluding ortho intramolecular Hbond substituents is 2. The van der Waals surface area contributed by atoms with Gasteiger partial charge in [-0.2, -0.15) is 0 Å². The van der Waals surface area contributed by atoms with Crippen LogP contribution in [0.1, 0.15) is 0 Å². The third kappa shape index (κ3) is 9.42. The molecule has 0 aliphatic heterocycles. The van der Waals surface area contributed by atoms with E-state index in [1.165, 1.54) is 0 Å². The van der Waals surface area contributed by atoms with Gasteiger partial charge in [-0.25, -0.2) is 0 Å². The van der Waals surface area contributed by atoms with Gasteiger partial charge in [0, 0.05) is 0 Å². The summed E-state index contributed by atoms with van der Waals surface area (Å²) >= 11 is 22.3. The van der Waals surface area contributed by atoms with Gasteiger partial charge in [-0.1, -0.05) is 58.5 Å². The van der Waals surface area contributed by atoms with Gasteiger partial charge in [0.1, 0.15) is 0 Å². The van der Waals surface area contributed by atoms with Gasteiger partial charge in [0.2, 0.25) is 0 Å². The van der Waals surface area contributed by atoms with E-state index in [1.807, 2.05) is 0 Å². The molecule has 3 nitrogen and oxygen atoms in total. The minimum absolute atomic E-state index is 0. The predicted molar refractivity (Wildman–Crippen MR) is 91.4 cm³/mol. The Bertz CT molecular complexity index is 481. The number of para-hydroxylation sites is 2. The molecule has 0 amide bonds. The van der Waals surface area contributed by atoms with Crippen molar-refractivity contribution in [3.63, 3.8) is 0 Å². The summed E-state index contributed by atoms with van der Waals surface area (Å²) in [7, 11) is 0. The maximum atomic E-state index is 8.94. The molecule has 10 heteroatoms. The van der Waals surface area contributed by atoms with E-state index in [4.69, 9.17) is 60.0 Å². The van der Waals surface area contributed by atoms with Crippen LogP contribution in [0.15, 0.2) is 36.4 Å². The van der Waals surface area contributed by atoms with Crippen LogP contribution in [0.2, 0.25) is 20.1 Å². The summed E-state index contributed by atoms with van der Waals surface area (Å²) in [6.45, 7) is 0. The Labute approximate surface area is 171 Å². The minimum atomic E-state index is -0.0548. The number of hydrogen-bond donors (Lipinski definition) is 2. The molecule has 0 aliphatic rings. The molecule has 0 heterocycles. The second kappa shape index (κ2) is 14.8. The van der Waals surface area contributed by atoms with Crippen LogP contribution in [-0.2, 0) is 23.2 Å². The Morgan fingerprint density at radius 1 is 0.636 bits per heavy atom. The molecule has 0 unspecified atom stereocenters. The van der Waals surface area contributed by atoms with E-state index in [0.29, 0.717) is 19.8 Å². The van der Waals surface area contributed by atoms with Crippen LogP contribution in [0.25, 0.3) is 0 Å². The Balaban J connectivity index is -0.000000273. The molecule has 0 aromatic heterocycles. The van der Waals surface area contributed by atoms with E-state index in [0.717, 1.165) is 0 Å². The van der Waals surface area contributed by atoms with Crippen LogP contribution >= 0.6 is 71.2 Å². The molecule has 2 N–H and O–H groups in total. The maximum absolute atomic E-state index is 8.94. The normalized spacial score (nSPS) is 8.00. The fourth-order valence-electron chi connectivity index (χ4n) is 0.978. The summed E-state index contributed by atoms with van der Waals surface area (Å²) in [6.07, 6.45) is 0. The Morgan fingerprint density at radius 2 is 0.818 bits per heavy atom. The molecular weight excluding hydrogens is 589 g/mol. The molecule has 0 aliphatic carbocycles. The number of aromatic hydroxyl groups is 2. The van der Waals surface area contributed by atoms with Gasteiger partial charge in [0.25, 0.3) is 0 Å². The zero-order valence-electron chi connectivity index (χ0n) is 10.5. The third-order valence-electron chi connectivity index (χ3n) is 1.88. The van der Waals surface area contributed by atoms with Gasteiger partial charge in [0.05, 0.1) is 20.1 Å². The molecule has 0 saturated carbocycles. The van der Waals surface area contributed by atoms with Gasteiger partial charge < -0.3 is 10.2 Å². The topological polar surface area (TPSA) is 57.5 Å². The Morgan fingerprint density at radius 3 is 0.955 bits per heavy atom. The Hall–Kier alpha value is 0.268. The zero-order chi connectivity index (χ0) is 15.7. The van der Waals surface area contributed by atoms with Gasteiger partial charge in [-0.3, -0.25) is 0 Å². The summed E-state index contributed by atoms with van der Waals surface area (Å²) < 4.78 is 8.33. The van der Waals surface area contributed by atoms with E-state index in [9.17, 15) is 0 Å². The van der Waals surface area contributed by atoms with E-state index >= 15 is 0 Å². The van der Waals surface area contributed by atoms with Gasteiger partial charge in [-0.05, 0) is 24.3 Å². The Kier molecular flexibility index (Phi) is 18.3. The van der Waals surface area contributed by atoms with E-state index in [-0.39, 0.29) is 56.4 Å². The number of hydrogen-bond acceptors (Lipinski definition) is 3. The fourth-order valence-corrected chi connectivity index (χ4v) is 1.77. The van der Waals surface area contributed by atoms with Crippen molar-refractivity contribution in [3.05, 3.63) is 56.5 Å². The summed E-state index contributed by atoms with van der Waals surface area (Å²) in [6, 6.07) is 9.63. The van der Waals surface area contributed by atoms with Crippen LogP contribution in [0.4, 0.5) is 0 Å². The van der Waals surface area contributed by atoms with Crippen LogP contribution in [-0.4, -0.2) is 10.2 Å². The first-order valence-corrected chi connectivity index (χ1v) is 7.57. The average molecular weight is 599 g/mol. The van der Waals surface area contributed by atoms with Crippen molar-refractivity contribution in [1.82, 2.24) is 0 Å². The first kappa shape index (κ1) is 27.1. The van der Waals surface area contributed by atoms with Gasteiger partial charge in [-0.15, -0.1) is 24.8 Å². The first-order chi connectivity index (χ1) is 9.43. The van der Waals surface area contributed by atoms with Crippen molar-refractivity contribution in [2.24, 2.45) is 0 Å². The molecule has 0 spiro atoms. The van der Waals surface area contributed by atoms with E-state index < -0.39 is 0 Å². The summed E-state index contributed by atoms with van der Waals surface area (Å²) in [5.74, 6) is -0.110. The second-order valence-electron chi connectivity index (χ2n) is 3.14. The molecule has 0 radical (unpaired) electrons. The van der Waals surface area contributed by atoms with Crippen molar-refractivity contribution < 1.29 is 33.4 Å². The van der Waals surface area contributed by atoms with Gasteiger partial charge in [0.15, 0.2) is 11.5 Å². The molecule has 0 atom stereocenters. The summed E-state index contributed by atoms with van der Waals surface area (Å²) in [5, 5.41) is 19.0. The van der Waals surface area contributed by atoms with Crippen molar-refractivity contribution in [1.29, 1.82) is 0 Å². The van der Waals surface area contributed by atoms with E-state index in [2.05, 4.69) is 0 Å². The number of halogens is 6. The SMILES string of the molecule is Cl.Cl.Oc1c(Cl)cccc1Cl.Oc1c(Cl)cccc1Cl.[O]=[W]. The third-order valence-corrected chi connectivity index (χ3v) is 3.10. The second-order valence-corrected chi connectivity index (χ2v) is 4.77. The molecule has 22 heavy (non-hydrogen) atoms. The van der Waals surface area contributed by atoms with Crippen molar-refractivity contribution in [3.8, 4) is 11.5 Å². The van der Waals surface area contributed by atoms with Crippen molar-refractivity contribution >= 4 is 71.2 Å². The molecule has 0 bridgehead atoms. The molecule has 2 aromatic carbocycles. The summed E-state index contributed by atoms with van der Waals surface area (Å²) in [4.78, 5) is 0. The van der Waals surface area contributed by atoms with E-state index in [1.54, 1.807) is 36.4 Å². The van der Waals surface area contributed by atoms with Crippen molar-refractivity contribution in [2.75, 3.05) is 0 Å². The summed E-state index contributed by atoms with van der Waals surface area (Å²) in [5.41, 5.74) is 0. The fraction of sp³-hybridized carbons (Fsp3) is 0. The molecule has 0 fully saturated rings. The number of benzene rings is 2. The molecule has 0 saturated heterocycles. The molecule has 124 valence electrons. The predicted octanol–water partition coefficient (Wildman–Crippen LogP) is 6.12. The first-order valence-electron chi connectivity index (χ1n) is 4.86. The van der Waals surface area contributed by atoms with Gasteiger partial charge >= 0.3 is 23.2 Å². The van der Waals surface area contributed by atoms with Crippen LogP contribution < -0.4 is 0 Å². The molecule has 2 rings (SSSR count).